The van der Waals surface area contributed by atoms with Gasteiger partial charge in [0.15, 0.2) is 5.84 Å². The van der Waals surface area contributed by atoms with Crippen LogP contribution in [0.4, 0.5) is 0 Å². The van der Waals surface area contributed by atoms with Gasteiger partial charge in [0.1, 0.15) is 11.3 Å². The molecule has 0 radical (unpaired) electrons. The molecule has 0 saturated carbocycles. The fourth-order valence-electron chi connectivity index (χ4n) is 5.61. The smallest absolute Gasteiger partial charge is 0.154 e. The van der Waals surface area contributed by atoms with E-state index in [0.29, 0.717) is 12.4 Å². The highest BCUT2D eigenvalue weighted by atomic mass is 16.3. The Morgan fingerprint density at radius 1 is 0.682 bits per heavy atom. The molecule has 0 fully saturated rings. The molecule has 0 aliphatic carbocycles. The van der Waals surface area contributed by atoms with E-state index in [1.165, 1.54) is 16.2 Å². The maximum Gasteiger partial charge on any atom is 0.154 e. The number of rotatable bonds is 7. The van der Waals surface area contributed by atoms with E-state index in [1.54, 1.807) is 6.08 Å². The van der Waals surface area contributed by atoms with Crippen molar-refractivity contribution in [3.8, 4) is 11.1 Å². The van der Waals surface area contributed by atoms with Gasteiger partial charge in [-0.15, -0.1) is 0 Å². The molecule has 0 atom stereocenters. The third-order valence-corrected chi connectivity index (χ3v) is 7.80. The van der Waals surface area contributed by atoms with E-state index in [4.69, 9.17) is 14.4 Å². The van der Waals surface area contributed by atoms with Crippen molar-refractivity contribution in [3.63, 3.8) is 0 Å². The van der Waals surface area contributed by atoms with Gasteiger partial charge in [0.05, 0.1) is 6.54 Å². The molecule has 0 amide bonds. The molecule has 0 spiro atoms. The number of allylic oxidation sites excluding steroid dienone is 2. The van der Waals surface area contributed by atoms with Crippen LogP contribution in [0, 0.1) is 0 Å². The van der Waals surface area contributed by atoms with Crippen molar-refractivity contribution < 1.29 is 4.42 Å². The summed E-state index contributed by atoms with van der Waals surface area (Å²) in [6.07, 6.45) is 7.48. The van der Waals surface area contributed by atoms with Gasteiger partial charge in [-0.25, -0.2) is 4.99 Å². The average Bonchev–Trinajstić information content (AvgIpc) is 3.44. The summed E-state index contributed by atoms with van der Waals surface area (Å²) >= 11 is 0. The van der Waals surface area contributed by atoms with Crippen molar-refractivity contribution in [2.24, 2.45) is 9.98 Å². The van der Waals surface area contributed by atoms with Crippen LogP contribution in [-0.4, -0.2) is 12.1 Å². The van der Waals surface area contributed by atoms with Crippen LogP contribution < -0.4 is 0 Å². The van der Waals surface area contributed by atoms with Gasteiger partial charge in [-0.2, -0.15) is 0 Å². The standard InChI is InChI=1S/C41H30N2O/c1-2-3-19-38-37(40-36(18-11-20-39(40)44-38)34-23-21-30-14-7-9-16-32(30)25-34)28-43-41(42-27-29-12-5-4-6-13-29)35-24-22-31-15-8-10-17-33(31)26-35/h2-26,28H,1,27H2/b19-3-,42-41-,43-28+. The molecule has 1 aromatic heterocycles. The fourth-order valence-corrected chi connectivity index (χ4v) is 5.61. The number of hydrogen-bond donors (Lipinski definition) is 0. The minimum Gasteiger partial charge on any atom is -0.456 e. The summed E-state index contributed by atoms with van der Waals surface area (Å²) < 4.78 is 6.41. The monoisotopic (exact) mass is 566 g/mol. The van der Waals surface area contributed by atoms with Crippen LogP contribution in [0.2, 0.25) is 0 Å². The first-order valence-electron chi connectivity index (χ1n) is 14.7. The SMILES string of the molecule is C=C/C=C\c1oc2cccc(-c3ccc4ccccc4c3)c2c1/C=N/C(=N\Cc1ccccc1)c1ccc2ccccc2c1. The van der Waals surface area contributed by atoms with Crippen LogP contribution >= 0.6 is 0 Å². The van der Waals surface area contributed by atoms with Crippen molar-refractivity contribution in [2.45, 2.75) is 6.54 Å². The van der Waals surface area contributed by atoms with Crippen LogP contribution in [0.1, 0.15) is 22.5 Å². The van der Waals surface area contributed by atoms with Gasteiger partial charge < -0.3 is 4.42 Å². The van der Waals surface area contributed by atoms with E-state index in [9.17, 15) is 0 Å². The van der Waals surface area contributed by atoms with Gasteiger partial charge in [0, 0.05) is 22.7 Å². The Hall–Kier alpha value is -5.80. The van der Waals surface area contributed by atoms with E-state index in [0.717, 1.165) is 49.9 Å². The molecular weight excluding hydrogens is 536 g/mol. The lowest BCUT2D eigenvalue weighted by Crippen LogP contribution is -2.00. The number of amidine groups is 1. The van der Waals surface area contributed by atoms with Gasteiger partial charge in [0.2, 0.25) is 0 Å². The third kappa shape index (κ3) is 5.51. The fraction of sp³-hybridized carbons (Fsp3) is 0.0244. The molecule has 6 aromatic carbocycles. The van der Waals surface area contributed by atoms with Gasteiger partial charge in [-0.3, -0.25) is 4.99 Å². The number of fused-ring (bicyclic) bond motifs is 3. The van der Waals surface area contributed by atoms with Gasteiger partial charge in [-0.1, -0.05) is 134 Å². The van der Waals surface area contributed by atoms with Crippen LogP contribution in [0.15, 0.2) is 167 Å². The molecule has 3 nitrogen and oxygen atoms in total. The zero-order chi connectivity index (χ0) is 29.7. The van der Waals surface area contributed by atoms with Crippen molar-refractivity contribution in [3.05, 3.63) is 175 Å². The lowest BCUT2D eigenvalue weighted by atomic mass is 9.96. The molecule has 0 saturated heterocycles. The van der Waals surface area contributed by atoms with E-state index in [1.807, 2.05) is 48.7 Å². The summed E-state index contributed by atoms with van der Waals surface area (Å²) in [5.41, 5.74) is 6.00. The molecule has 0 N–H and O–H groups in total. The van der Waals surface area contributed by atoms with Gasteiger partial charge in [0.25, 0.3) is 0 Å². The van der Waals surface area contributed by atoms with Crippen molar-refractivity contribution in [1.29, 1.82) is 0 Å². The van der Waals surface area contributed by atoms with E-state index in [-0.39, 0.29) is 0 Å². The zero-order valence-electron chi connectivity index (χ0n) is 24.2. The van der Waals surface area contributed by atoms with Crippen molar-refractivity contribution in [2.75, 3.05) is 0 Å². The van der Waals surface area contributed by atoms with E-state index in [2.05, 4.69) is 110 Å². The van der Waals surface area contributed by atoms with E-state index >= 15 is 0 Å². The molecule has 7 rings (SSSR count). The summed E-state index contributed by atoms with van der Waals surface area (Å²) in [6.45, 7) is 4.39. The molecule has 44 heavy (non-hydrogen) atoms. The second-order valence-corrected chi connectivity index (χ2v) is 10.7. The lowest BCUT2D eigenvalue weighted by Gasteiger charge is -2.07. The second-order valence-electron chi connectivity index (χ2n) is 10.7. The Morgan fingerprint density at radius 3 is 2.16 bits per heavy atom. The van der Waals surface area contributed by atoms with Crippen LogP contribution in [0.25, 0.3) is 49.7 Å². The normalized spacial score (nSPS) is 12.2. The molecule has 0 unspecified atom stereocenters. The lowest BCUT2D eigenvalue weighted by molar-refractivity contribution is 0.603. The Bertz CT molecular complexity index is 2220. The highest BCUT2D eigenvalue weighted by Crippen LogP contribution is 2.36. The average molecular weight is 567 g/mol. The molecular formula is C41H30N2O. The van der Waals surface area contributed by atoms with E-state index < -0.39 is 0 Å². The number of aliphatic imine (C=N–C) groups is 2. The largest absolute Gasteiger partial charge is 0.456 e. The molecule has 0 bridgehead atoms. The number of furan rings is 1. The Balaban J connectivity index is 1.39. The maximum absolute atomic E-state index is 6.41. The maximum atomic E-state index is 6.41. The predicted octanol–water partition coefficient (Wildman–Crippen LogP) is 10.7. The summed E-state index contributed by atoms with van der Waals surface area (Å²) in [5, 5.41) is 5.74. The molecule has 210 valence electrons. The zero-order valence-corrected chi connectivity index (χ0v) is 24.2. The molecule has 0 aliphatic heterocycles. The molecule has 7 aromatic rings. The minimum absolute atomic E-state index is 0.526. The first kappa shape index (κ1) is 27.1. The first-order valence-corrected chi connectivity index (χ1v) is 14.7. The summed E-state index contributed by atoms with van der Waals surface area (Å²) in [5.74, 6) is 1.38. The number of hydrogen-bond acceptors (Lipinski definition) is 2. The van der Waals surface area contributed by atoms with Crippen LogP contribution in [-0.2, 0) is 6.54 Å². The highest BCUT2D eigenvalue weighted by Gasteiger charge is 2.16. The topological polar surface area (TPSA) is 37.9 Å². The van der Waals surface area contributed by atoms with Crippen molar-refractivity contribution >= 4 is 50.6 Å². The molecule has 0 aliphatic rings. The summed E-state index contributed by atoms with van der Waals surface area (Å²) in [4.78, 5) is 10.1. The van der Waals surface area contributed by atoms with Gasteiger partial charge >= 0.3 is 0 Å². The molecule has 1 heterocycles. The minimum atomic E-state index is 0.526. The Kier molecular flexibility index (Phi) is 7.51. The summed E-state index contributed by atoms with van der Waals surface area (Å²) in [6, 6.07) is 46.2. The quantitative estimate of drug-likeness (QED) is 0.107. The Labute approximate surface area is 256 Å². The first-order chi connectivity index (χ1) is 21.8. The van der Waals surface area contributed by atoms with Crippen LogP contribution in [0.5, 0.6) is 0 Å². The molecule has 3 heteroatoms. The number of nitrogens with zero attached hydrogens (tertiary/aromatic N) is 2. The van der Waals surface area contributed by atoms with Crippen molar-refractivity contribution in [1.82, 2.24) is 0 Å². The Morgan fingerprint density at radius 2 is 1.39 bits per heavy atom. The number of benzene rings is 6. The van der Waals surface area contributed by atoms with Crippen LogP contribution in [0.3, 0.4) is 0 Å². The third-order valence-electron chi connectivity index (χ3n) is 7.80. The predicted molar refractivity (Wildman–Crippen MR) is 187 cm³/mol. The van der Waals surface area contributed by atoms with Gasteiger partial charge in [-0.05, 0) is 62.5 Å². The second kappa shape index (κ2) is 12.2. The summed E-state index contributed by atoms with van der Waals surface area (Å²) in [7, 11) is 0. The highest BCUT2D eigenvalue weighted by molar-refractivity contribution is 6.13.